The molecule has 7 nitrogen and oxygen atoms in total. The number of hydrogen-bond donors (Lipinski definition) is 1. The molecular weight excluding hydrogens is 375 g/mol. The highest BCUT2D eigenvalue weighted by Crippen LogP contribution is 2.28. The van der Waals surface area contributed by atoms with Gasteiger partial charge in [0.05, 0.1) is 28.8 Å². The fraction of sp³-hybridized carbons (Fsp3) is 0.214. The van der Waals surface area contributed by atoms with E-state index in [9.17, 15) is 13.2 Å². The summed E-state index contributed by atoms with van der Waals surface area (Å²) < 4.78 is 26.9. The van der Waals surface area contributed by atoms with Crippen LogP contribution in [0.3, 0.4) is 0 Å². The van der Waals surface area contributed by atoms with Gasteiger partial charge in [-0.1, -0.05) is 29.3 Å². The van der Waals surface area contributed by atoms with E-state index in [4.69, 9.17) is 23.2 Å². The number of fused-ring (bicyclic) bond motifs is 1. The van der Waals surface area contributed by atoms with Gasteiger partial charge in [-0.2, -0.15) is 0 Å². The minimum absolute atomic E-state index is 0.00805. The van der Waals surface area contributed by atoms with Crippen molar-refractivity contribution >= 4 is 39.1 Å². The normalized spacial score (nSPS) is 13.8. The number of sulfonamides is 1. The molecule has 0 atom stereocenters. The van der Waals surface area contributed by atoms with Crippen LogP contribution in [0.4, 0.5) is 0 Å². The third-order valence-corrected chi connectivity index (χ3v) is 5.89. The number of carbonyl (C=O) groups is 1. The van der Waals surface area contributed by atoms with Gasteiger partial charge in [0.15, 0.2) is 0 Å². The summed E-state index contributed by atoms with van der Waals surface area (Å²) in [5, 5.41) is -0.0161. The number of rotatable bonds is 4. The molecule has 0 spiro atoms. The summed E-state index contributed by atoms with van der Waals surface area (Å²) in [6, 6.07) is 4.37. The van der Waals surface area contributed by atoms with Crippen LogP contribution in [0.5, 0.6) is 0 Å². The van der Waals surface area contributed by atoms with Gasteiger partial charge in [0.25, 0.3) is 0 Å². The molecule has 24 heavy (non-hydrogen) atoms. The molecule has 0 unspecified atom stereocenters. The Kier molecular flexibility index (Phi) is 4.73. The van der Waals surface area contributed by atoms with E-state index in [0.717, 1.165) is 11.3 Å². The summed E-state index contributed by atoms with van der Waals surface area (Å²) in [4.78, 5) is 21.5. The minimum atomic E-state index is -4.00. The van der Waals surface area contributed by atoms with E-state index in [1.54, 1.807) is 6.20 Å². The number of halogens is 2. The molecule has 1 aliphatic rings. The third-order valence-electron chi connectivity index (χ3n) is 3.54. The highest BCUT2D eigenvalue weighted by atomic mass is 35.5. The van der Waals surface area contributed by atoms with Crippen LogP contribution >= 0.6 is 23.2 Å². The molecule has 1 aromatic carbocycles. The van der Waals surface area contributed by atoms with Crippen LogP contribution in [0.15, 0.2) is 35.6 Å². The van der Waals surface area contributed by atoms with Gasteiger partial charge >= 0.3 is 0 Å². The molecule has 126 valence electrons. The number of amides is 1. The molecule has 0 saturated carbocycles. The van der Waals surface area contributed by atoms with Crippen LogP contribution < -0.4 is 4.72 Å². The number of aromatic nitrogens is 2. The lowest BCUT2D eigenvalue weighted by atomic mass is 10.3. The summed E-state index contributed by atoms with van der Waals surface area (Å²) in [5.41, 5.74) is 1.61. The molecular formula is C14H12Cl2N4O3S. The van der Waals surface area contributed by atoms with E-state index in [2.05, 4.69) is 14.7 Å². The lowest BCUT2D eigenvalue weighted by Crippen LogP contribution is -2.37. The number of hydrogen-bond acceptors (Lipinski definition) is 5. The van der Waals surface area contributed by atoms with Crippen LogP contribution in [0, 0.1) is 0 Å². The number of benzene rings is 1. The molecule has 0 fully saturated rings. The molecule has 3 rings (SSSR count). The molecule has 0 radical (unpaired) electrons. The Morgan fingerprint density at radius 2 is 1.96 bits per heavy atom. The maximum absolute atomic E-state index is 12.3. The van der Waals surface area contributed by atoms with Crippen LogP contribution in [0.2, 0.25) is 10.0 Å². The molecule has 2 aromatic rings. The van der Waals surface area contributed by atoms with E-state index in [1.165, 1.54) is 29.4 Å². The SMILES string of the molecule is O=C(CNS(=O)(=O)c1c(Cl)cccc1Cl)N1Cc2cncnc2C1. The van der Waals surface area contributed by atoms with Crippen molar-refractivity contribution in [2.75, 3.05) is 6.54 Å². The van der Waals surface area contributed by atoms with Gasteiger partial charge in [-0.05, 0) is 12.1 Å². The first kappa shape index (κ1) is 17.1. The van der Waals surface area contributed by atoms with Gasteiger partial charge in [-0.15, -0.1) is 0 Å². The number of carbonyl (C=O) groups excluding carboxylic acids is 1. The van der Waals surface area contributed by atoms with Crippen molar-refractivity contribution in [2.24, 2.45) is 0 Å². The largest absolute Gasteiger partial charge is 0.331 e. The first-order valence-electron chi connectivity index (χ1n) is 6.87. The predicted molar refractivity (Wildman–Crippen MR) is 87.9 cm³/mol. The summed E-state index contributed by atoms with van der Waals surface area (Å²) in [7, 11) is -4.00. The highest BCUT2D eigenvalue weighted by molar-refractivity contribution is 7.89. The maximum atomic E-state index is 12.3. The van der Waals surface area contributed by atoms with Crippen molar-refractivity contribution in [3.8, 4) is 0 Å². The summed E-state index contributed by atoms with van der Waals surface area (Å²) in [6.07, 6.45) is 3.05. The first-order valence-corrected chi connectivity index (χ1v) is 9.11. The molecule has 1 N–H and O–H groups in total. The average molecular weight is 387 g/mol. The number of nitrogens with one attached hydrogen (secondary N) is 1. The Hall–Kier alpha value is -1.74. The predicted octanol–water partition coefficient (Wildman–Crippen LogP) is 1.60. The zero-order valence-electron chi connectivity index (χ0n) is 12.2. The van der Waals surface area contributed by atoms with Crippen molar-refractivity contribution in [1.82, 2.24) is 19.6 Å². The fourth-order valence-electron chi connectivity index (χ4n) is 2.36. The molecule has 1 aromatic heterocycles. The Labute approximate surface area is 148 Å². The van der Waals surface area contributed by atoms with Crippen molar-refractivity contribution in [3.05, 3.63) is 52.0 Å². The second-order valence-electron chi connectivity index (χ2n) is 5.12. The number of nitrogens with zero attached hydrogens (tertiary/aromatic N) is 3. The van der Waals surface area contributed by atoms with Crippen molar-refractivity contribution < 1.29 is 13.2 Å². The van der Waals surface area contributed by atoms with Crippen LogP contribution in [-0.2, 0) is 27.9 Å². The van der Waals surface area contributed by atoms with E-state index >= 15 is 0 Å². The zero-order chi connectivity index (χ0) is 17.3. The van der Waals surface area contributed by atoms with Crippen LogP contribution in [0.1, 0.15) is 11.3 Å². The molecule has 0 aliphatic carbocycles. The fourth-order valence-corrected chi connectivity index (χ4v) is 4.47. The Bertz CT molecular complexity index is 859. The molecule has 2 heterocycles. The van der Waals surface area contributed by atoms with Crippen LogP contribution in [-0.4, -0.2) is 35.7 Å². The van der Waals surface area contributed by atoms with Gasteiger partial charge < -0.3 is 4.90 Å². The monoisotopic (exact) mass is 386 g/mol. The zero-order valence-corrected chi connectivity index (χ0v) is 14.6. The summed E-state index contributed by atoms with van der Waals surface area (Å²) in [6.45, 7) is 0.278. The topological polar surface area (TPSA) is 92.3 Å². The summed E-state index contributed by atoms with van der Waals surface area (Å²) >= 11 is 11.8. The lowest BCUT2D eigenvalue weighted by molar-refractivity contribution is -0.130. The van der Waals surface area contributed by atoms with E-state index in [-0.39, 0.29) is 20.8 Å². The Morgan fingerprint density at radius 1 is 1.25 bits per heavy atom. The standard InChI is InChI=1S/C14H12Cl2N4O3S/c15-10-2-1-3-11(16)14(10)24(22,23)19-5-13(21)20-6-9-4-17-8-18-12(9)7-20/h1-4,8,19H,5-7H2. The van der Waals surface area contributed by atoms with E-state index in [1.807, 2.05) is 0 Å². The molecule has 0 saturated heterocycles. The Balaban J connectivity index is 1.69. The van der Waals surface area contributed by atoms with Crippen molar-refractivity contribution in [1.29, 1.82) is 0 Å². The second kappa shape index (κ2) is 6.64. The van der Waals surface area contributed by atoms with Gasteiger partial charge in [-0.3, -0.25) is 4.79 Å². The molecule has 1 aliphatic heterocycles. The highest BCUT2D eigenvalue weighted by Gasteiger charge is 2.27. The van der Waals surface area contributed by atoms with E-state index < -0.39 is 16.6 Å². The smallest absolute Gasteiger partial charge is 0.244 e. The second-order valence-corrected chi connectivity index (χ2v) is 7.64. The quantitative estimate of drug-likeness (QED) is 0.861. The molecule has 0 bridgehead atoms. The van der Waals surface area contributed by atoms with Crippen LogP contribution in [0.25, 0.3) is 0 Å². The van der Waals surface area contributed by atoms with Crippen molar-refractivity contribution in [2.45, 2.75) is 18.0 Å². The van der Waals surface area contributed by atoms with Gasteiger partial charge in [0.1, 0.15) is 11.2 Å². The average Bonchev–Trinajstić information content (AvgIpc) is 2.96. The van der Waals surface area contributed by atoms with Gasteiger partial charge in [0.2, 0.25) is 15.9 Å². The van der Waals surface area contributed by atoms with Gasteiger partial charge in [0, 0.05) is 18.3 Å². The van der Waals surface area contributed by atoms with Crippen molar-refractivity contribution in [3.63, 3.8) is 0 Å². The molecule has 1 amide bonds. The summed E-state index contributed by atoms with van der Waals surface area (Å²) in [5.74, 6) is -0.375. The molecule has 10 heteroatoms. The third kappa shape index (κ3) is 3.36. The first-order chi connectivity index (χ1) is 11.4. The minimum Gasteiger partial charge on any atom is -0.331 e. The maximum Gasteiger partial charge on any atom is 0.244 e. The van der Waals surface area contributed by atoms with Gasteiger partial charge in [-0.25, -0.2) is 23.1 Å². The Morgan fingerprint density at radius 3 is 2.62 bits per heavy atom. The van der Waals surface area contributed by atoms with E-state index in [0.29, 0.717) is 13.1 Å². The lowest BCUT2D eigenvalue weighted by Gasteiger charge is -2.16.